The van der Waals surface area contributed by atoms with Crippen molar-refractivity contribution in [3.63, 3.8) is 0 Å². The van der Waals surface area contributed by atoms with Gasteiger partial charge in [-0.15, -0.1) is 11.3 Å². The Morgan fingerprint density at radius 1 is 1.42 bits per heavy atom. The van der Waals surface area contributed by atoms with Gasteiger partial charge in [0, 0.05) is 23.7 Å². The second kappa shape index (κ2) is 7.40. The Morgan fingerprint density at radius 3 is 2.58 bits per heavy atom. The van der Waals surface area contributed by atoms with Gasteiger partial charge in [0.15, 0.2) is 3.95 Å². The Kier molecular flexibility index (Phi) is 6.17. The molecule has 0 saturated carbocycles. The lowest BCUT2D eigenvalue weighted by molar-refractivity contribution is -0.135. The molecule has 0 unspecified atom stereocenters. The quantitative estimate of drug-likeness (QED) is 0.785. The molecule has 0 spiro atoms. The lowest BCUT2D eigenvalue weighted by atomic mass is 10.2. The van der Waals surface area contributed by atoms with Gasteiger partial charge in [0.2, 0.25) is 11.8 Å². The van der Waals surface area contributed by atoms with E-state index in [0.29, 0.717) is 17.0 Å². The van der Waals surface area contributed by atoms with Crippen LogP contribution in [-0.2, 0) is 16.0 Å². The highest BCUT2D eigenvalue weighted by Gasteiger charge is 2.17. The molecule has 1 heterocycles. The lowest BCUT2D eigenvalue weighted by Gasteiger charge is -2.20. The highest BCUT2D eigenvalue weighted by molar-refractivity contribution is 7.73. The summed E-state index contributed by atoms with van der Waals surface area (Å²) in [7, 11) is 0. The third-order valence-corrected chi connectivity index (χ3v) is 4.01. The molecule has 0 saturated heterocycles. The topological polar surface area (TPSA) is 65.2 Å². The van der Waals surface area contributed by atoms with Crippen molar-refractivity contribution in [3.05, 3.63) is 14.5 Å². The van der Waals surface area contributed by atoms with Crippen molar-refractivity contribution < 1.29 is 9.59 Å². The Bertz CT molecular complexity index is 507. The van der Waals surface area contributed by atoms with Gasteiger partial charge in [-0.1, -0.05) is 0 Å². The Balaban J connectivity index is 2.66. The fourth-order valence-electron chi connectivity index (χ4n) is 1.66. The van der Waals surface area contributed by atoms with Crippen molar-refractivity contribution in [2.45, 2.75) is 27.2 Å². The molecule has 106 valence electrons. The summed E-state index contributed by atoms with van der Waals surface area (Å²) in [5.41, 5.74) is 0.928. The Hall–Kier alpha value is -1.21. The SMILES string of the molecule is CCNC(=O)CN(CC)C(=O)Cc1sc(=S)[nH]c1C. The highest BCUT2D eigenvalue weighted by Crippen LogP contribution is 2.16. The van der Waals surface area contributed by atoms with Gasteiger partial charge in [0.1, 0.15) is 0 Å². The molecule has 19 heavy (non-hydrogen) atoms. The molecule has 2 N–H and O–H groups in total. The molecule has 5 nitrogen and oxygen atoms in total. The second-order valence-corrected chi connectivity index (χ2v) is 5.87. The van der Waals surface area contributed by atoms with E-state index in [1.54, 1.807) is 4.90 Å². The number of aryl methyl sites for hydroxylation is 1. The number of amides is 2. The largest absolute Gasteiger partial charge is 0.355 e. The smallest absolute Gasteiger partial charge is 0.239 e. The first-order chi connectivity index (χ1) is 8.97. The molecule has 1 aromatic rings. The minimum absolute atomic E-state index is 0.0536. The van der Waals surface area contributed by atoms with Crippen molar-refractivity contribution in [1.82, 2.24) is 15.2 Å². The van der Waals surface area contributed by atoms with Crippen LogP contribution in [0.4, 0.5) is 0 Å². The van der Waals surface area contributed by atoms with Crippen LogP contribution in [0.1, 0.15) is 24.4 Å². The van der Waals surface area contributed by atoms with E-state index >= 15 is 0 Å². The van der Waals surface area contributed by atoms with E-state index < -0.39 is 0 Å². The van der Waals surface area contributed by atoms with E-state index in [-0.39, 0.29) is 24.8 Å². The summed E-state index contributed by atoms with van der Waals surface area (Å²) in [6.07, 6.45) is 0.289. The maximum atomic E-state index is 12.1. The summed E-state index contributed by atoms with van der Waals surface area (Å²) in [6, 6.07) is 0. The first-order valence-corrected chi connectivity index (χ1v) is 7.43. The van der Waals surface area contributed by atoms with E-state index in [1.165, 1.54) is 11.3 Å². The highest BCUT2D eigenvalue weighted by atomic mass is 32.1. The number of nitrogens with zero attached hydrogens (tertiary/aromatic N) is 1. The Labute approximate surface area is 122 Å². The Morgan fingerprint density at radius 2 is 2.11 bits per heavy atom. The molecule has 1 rings (SSSR count). The minimum Gasteiger partial charge on any atom is -0.355 e. The number of hydrogen-bond acceptors (Lipinski definition) is 4. The van der Waals surface area contributed by atoms with E-state index in [0.717, 1.165) is 10.6 Å². The van der Waals surface area contributed by atoms with Crippen LogP contribution in [0.2, 0.25) is 0 Å². The number of rotatable bonds is 6. The predicted octanol–water partition coefficient (Wildman–Crippen LogP) is 1.64. The zero-order valence-electron chi connectivity index (χ0n) is 11.4. The number of carbonyl (C=O) groups is 2. The summed E-state index contributed by atoms with van der Waals surface area (Å²) in [5.74, 6) is -0.182. The molecule has 0 radical (unpaired) electrons. The third-order valence-electron chi connectivity index (χ3n) is 2.68. The van der Waals surface area contributed by atoms with Gasteiger partial charge >= 0.3 is 0 Å². The normalized spacial score (nSPS) is 10.3. The summed E-state index contributed by atoms with van der Waals surface area (Å²) in [5, 5.41) is 2.69. The molecule has 0 atom stereocenters. The van der Waals surface area contributed by atoms with Gasteiger partial charge < -0.3 is 15.2 Å². The monoisotopic (exact) mass is 301 g/mol. The van der Waals surface area contributed by atoms with E-state index in [9.17, 15) is 9.59 Å². The molecule has 0 aromatic carbocycles. The number of hydrogen-bond donors (Lipinski definition) is 2. The van der Waals surface area contributed by atoms with Crippen LogP contribution in [0, 0.1) is 10.9 Å². The zero-order valence-corrected chi connectivity index (χ0v) is 13.0. The van der Waals surface area contributed by atoms with Crippen molar-refractivity contribution in [2.75, 3.05) is 19.6 Å². The maximum absolute atomic E-state index is 12.1. The van der Waals surface area contributed by atoms with Crippen LogP contribution < -0.4 is 5.32 Å². The molecular formula is C12H19N3O2S2. The van der Waals surface area contributed by atoms with Crippen LogP contribution in [0.25, 0.3) is 0 Å². The average molecular weight is 301 g/mol. The van der Waals surface area contributed by atoms with Gasteiger partial charge in [-0.05, 0) is 33.0 Å². The van der Waals surface area contributed by atoms with Gasteiger partial charge in [0.25, 0.3) is 0 Å². The van der Waals surface area contributed by atoms with Crippen LogP contribution in [-0.4, -0.2) is 41.3 Å². The number of carbonyl (C=O) groups excluding carboxylic acids is 2. The van der Waals surface area contributed by atoms with Gasteiger partial charge in [-0.3, -0.25) is 9.59 Å². The molecule has 7 heteroatoms. The summed E-state index contributed by atoms with van der Waals surface area (Å²) in [4.78, 5) is 29.2. The van der Waals surface area contributed by atoms with Crippen molar-refractivity contribution in [1.29, 1.82) is 0 Å². The number of thiazole rings is 1. The number of nitrogens with one attached hydrogen (secondary N) is 2. The molecule has 0 fully saturated rings. The molecule has 1 aromatic heterocycles. The number of likely N-dealkylation sites (N-methyl/N-ethyl adjacent to an activating group) is 2. The number of aromatic nitrogens is 1. The van der Waals surface area contributed by atoms with Crippen LogP contribution in [0.5, 0.6) is 0 Å². The predicted molar refractivity (Wildman–Crippen MR) is 78.9 cm³/mol. The summed E-state index contributed by atoms with van der Waals surface area (Å²) in [6.45, 7) is 6.82. The minimum atomic E-state index is -0.129. The third kappa shape index (κ3) is 4.76. The van der Waals surface area contributed by atoms with Gasteiger partial charge in [0.05, 0.1) is 13.0 Å². The van der Waals surface area contributed by atoms with Crippen molar-refractivity contribution in [3.8, 4) is 0 Å². The van der Waals surface area contributed by atoms with Crippen molar-refractivity contribution >= 4 is 35.4 Å². The van der Waals surface area contributed by atoms with Gasteiger partial charge in [-0.25, -0.2) is 0 Å². The summed E-state index contributed by atoms with van der Waals surface area (Å²) < 4.78 is 0.673. The van der Waals surface area contributed by atoms with Crippen LogP contribution in [0.3, 0.4) is 0 Å². The van der Waals surface area contributed by atoms with Crippen LogP contribution >= 0.6 is 23.6 Å². The first kappa shape index (κ1) is 15.8. The molecule has 2 amide bonds. The average Bonchev–Trinajstić information content (AvgIpc) is 2.65. The maximum Gasteiger partial charge on any atom is 0.239 e. The van der Waals surface area contributed by atoms with Crippen molar-refractivity contribution in [2.24, 2.45) is 0 Å². The van der Waals surface area contributed by atoms with E-state index in [4.69, 9.17) is 12.2 Å². The zero-order chi connectivity index (χ0) is 14.4. The molecule has 0 aliphatic rings. The first-order valence-electron chi connectivity index (χ1n) is 6.21. The fraction of sp³-hybridized carbons (Fsp3) is 0.583. The standard InChI is InChI=1S/C12H19N3O2S2/c1-4-13-10(16)7-15(5-2)11(17)6-9-8(3)14-12(18)19-9/h4-7H2,1-3H3,(H,13,16)(H,14,18). The molecule has 0 aliphatic carbocycles. The second-order valence-electron chi connectivity index (χ2n) is 4.10. The number of aromatic amines is 1. The lowest BCUT2D eigenvalue weighted by Crippen LogP contribution is -2.41. The van der Waals surface area contributed by atoms with E-state index in [1.807, 2.05) is 20.8 Å². The molecule has 0 aliphatic heterocycles. The van der Waals surface area contributed by atoms with Gasteiger partial charge in [-0.2, -0.15) is 0 Å². The van der Waals surface area contributed by atoms with E-state index in [2.05, 4.69) is 10.3 Å². The molecular weight excluding hydrogens is 282 g/mol. The summed E-state index contributed by atoms with van der Waals surface area (Å²) >= 11 is 6.46. The van der Waals surface area contributed by atoms with Crippen LogP contribution in [0.15, 0.2) is 0 Å². The fourth-order valence-corrected chi connectivity index (χ4v) is 2.94. The number of H-pyrrole nitrogens is 1. The molecule has 0 bridgehead atoms.